The molecule has 0 spiro atoms. The van der Waals surface area contributed by atoms with Gasteiger partial charge in [0.25, 0.3) is 0 Å². The second kappa shape index (κ2) is 5.77. The maximum Gasteiger partial charge on any atom is 0.248 e. The van der Waals surface area contributed by atoms with Gasteiger partial charge in [-0.1, -0.05) is 18.7 Å². The predicted molar refractivity (Wildman–Crippen MR) is 87.2 cm³/mol. The van der Waals surface area contributed by atoms with Gasteiger partial charge in [-0.3, -0.25) is 4.79 Å². The average Bonchev–Trinajstić information content (AvgIpc) is 2.91. The molecule has 6 nitrogen and oxygen atoms in total. The molecule has 2 N–H and O–H groups in total. The maximum atomic E-state index is 11.5. The number of benzene rings is 1. The molecule has 0 radical (unpaired) electrons. The van der Waals surface area contributed by atoms with Gasteiger partial charge in [0.1, 0.15) is 17.6 Å². The fraction of sp³-hybridized carbons (Fsp3) is 0.125. The number of aliphatic imine (C=N–C) groups is 3. The number of rotatable bonds is 2. The lowest BCUT2D eigenvalue weighted by molar-refractivity contribution is -0.115. The SMILES string of the molecule is C=CC(=O)NC1=NC=C2NC=NC(=Nc3cccc(C)c3)C21. The second-order valence-electron chi connectivity index (χ2n) is 4.94. The summed E-state index contributed by atoms with van der Waals surface area (Å²) in [4.78, 5) is 24.6. The van der Waals surface area contributed by atoms with Gasteiger partial charge in [-0.2, -0.15) is 0 Å². The Bertz CT molecular complexity index is 758. The molecule has 1 atom stereocenters. The lowest BCUT2D eigenvalue weighted by atomic mass is 10.0. The summed E-state index contributed by atoms with van der Waals surface area (Å²) in [6.45, 7) is 5.45. The standard InChI is InChI=1S/C16H15N5O/c1-3-13(22)21-15-14-12(8-17-15)18-9-19-16(14)20-11-6-4-5-10(2)7-11/h3-9,14H,1H2,2H3,(H,17,21,22)(H,18,19,20). The first-order valence-corrected chi connectivity index (χ1v) is 6.83. The summed E-state index contributed by atoms with van der Waals surface area (Å²) < 4.78 is 0. The highest BCUT2D eigenvalue weighted by Crippen LogP contribution is 2.24. The Labute approximate surface area is 128 Å². The summed E-state index contributed by atoms with van der Waals surface area (Å²) in [5, 5.41) is 5.73. The van der Waals surface area contributed by atoms with Crippen LogP contribution in [-0.2, 0) is 4.79 Å². The molecule has 2 aliphatic rings. The van der Waals surface area contributed by atoms with Crippen molar-refractivity contribution in [2.45, 2.75) is 6.92 Å². The highest BCUT2D eigenvalue weighted by Gasteiger charge is 2.32. The van der Waals surface area contributed by atoms with Crippen molar-refractivity contribution < 1.29 is 4.79 Å². The van der Waals surface area contributed by atoms with E-state index in [1.165, 1.54) is 6.08 Å². The first-order valence-electron chi connectivity index (χ1n) is 6.83. The third kappa shape index (κ3) is 2.71. The smallest absolute Gasteiger partial charge is 0.248 e. The van der Waals surface area contributed by atoms with Crippen LogP contribution in [0.4, 0.5) is 5.69 Å². The number of amidine groups is 2. The van der Waals surface area contributed by atoms with Crippen LogP contribution in [0.5, 0.6) is 0 Å². The van der Waals surface area contributed by atoms with Crippen molar-refractivity contribution in [3.63, 3.8) is 0 Å². The highest BCUT2D eigenvalue weighted by molar-refractivity contribution is 6.18. The van der Waals surface area contributed by atoms with Crippen molar-refractivity contribution in [1.29, 1.82) is 0 Å². The summed E-state index contributed by atoms with van der Waals surface area (Å²) in [5.41, 5.74) is 2.77. The van der Waals surface area contributed by atoms with E-state index in [2.05, 4.69) is 32.2 Å². The number of hydrogen-bond donors (Lipinski definition) is 2. The van der Waals surface area contributed by atoms with Crippen LogP contribution in [0.3, 0.4) is 0 Å². The largest absolute Gasteiger partial charge is 0.347 e. The summed E-state index contributed by atoms with van der Waals surface area (Å²) >= 11 is 0. The summed E-state index contributed by atoms with van der Waals surface area (Å²) in [6.07, 6.45) is 4.45. The van der Waals surface area contributed by atoms with Gasteiger partial charge in [0.2, 0.25) is 5.91 Å². The summed E-state index contributed by atoms with van der Waals surface area (Å²) in [7, 11) is 0. The normalized spacial score (nSPS) is 20.8. The first kappa shape index (κ1) is 13.9. The highest BCUT2D eigenvalue weighted by atomic mass is 16.1. The van der Waals surface area contributed by atoms with Crippen molar-refractivity contribution in [3.05, 3.63) is 54.4 Å². The number of aryl methyl sites for hydroxylation is 1. The monoisotopic (exact) mass is 293 g/mol. The van der Waals surface area contributed by atoms with Gasteiger partial charge in [0, 0.05) is 6.20 Å². The number of hydrogen-bond acceptors (Lipinski definition) is 4. The minimum absolute atomic E-state index is 0.297. The molecule has 3 rings (SSSR count). The Morgan fingerprint density at radius 3 is 3.14 bits per heavy atom. The van der Waals surface area contributed by atoms with E-state index < -0.39 is 0 Å². The Balaban J connectivity index is 1.93. The molecule has 1 aromatic carbocycles. The van der Waals surface area contributed by atoms with E-state index in [1.54, 1.807) is 12.5 Å². The van der Waals surface area contributed by atoms with Gasteiger partial charge < -0.3 is 10.6 Å². The fourth-order valence-corrected chi connectivity index (χ4v) is 2.27. The van der Waals surface area contributed by atoms with Crippen molar-refractivity contribution in [2.75, 3.05) is 0 Å². The van der Waals surface area contributed by atoms with Gasteiger partial charge >= 0.3 is 0 Å². The van der Waals surface area contributed by atoms with Crippen LogP contribution in [0.2, 0.25) is 0 Å². The zero-order valence-electron chi connectivity index (χ0n) is 12.1. The molecule has 0 saturated carbocycles. The van der Waals surface area contributed by atoms with E-state index in [1.807, 2.05) is 31.2 Å². The number of amides is 1. The molecule has 1 unspecified atom stereocenters. The van der Waals surface area contributed by atoms with Crippen LogP contribution in [0.15, 0.2) is 63.8 Å². The van der Waals surface area contributed by atoms with Gasteiger partial charge in [0.05, 0.1) is 17.7 Å². The van der Waals surface area contributed by atoms with Crippen molar-refractivity contribution in [1.82, 2.24) is 10.6 Å². The lowest BCUT2D eigenvalue weighted by Crippen LogP contribution is -2.41. The van der Waals surface area contributed by atoms with Gasteiger partial charge in [0.15, 0.2) is 0 Å². The van der Waals surface area contributed by atoms with Crippen LogP contribution in [0.1, 0.15) is 5.56 Å². The average molecular weight is 293 g/mol. The molecule has 2 aliphatic heterocycles. The molecule has 6 heteroatoms. The first-order chi connectivity index (χ1) is 10.7. The Kier molecular flexibility index (Phi) is 3.65. The molecule has 0 saturated heterocycles. The van der Waals surface area contributed by atoms with Gasteiger partial charge in [-0.05, 0) is 30.7 Å². The van der Waals surface area contributed by atoms with Crippen LogP contribution >= 0.6 is 0 Å². The molecule has 0 aromatic heterocycles. The number of nitrogens with zero attached hydrogens (tertiary/aromatic N) is 3. The number of carbonyl (C=O) groups is 1. The van der Waals surface area contributed by atoms with E-state index in [-0.39, 0.29) is 11.8 Å². The zero-order valence-corrected chi connectivity index (χ0v) is 12.1. The lowest BCUT2D eigenvalue weighted by Gasteiger charge is -2.20. The number of carbonyl (C=O) groups excluding carboxylic acids is 1. The maximum absolute atomic E-state index is 11.5. The molecule has 110 valence electrons. The number of nitrogens with one attached hydrogen (secondary N) is 2. The van der Waals surface area contributed by atoms with Crippen molar-refractivity contribution in [3.8, 4) is 0 Å². The summed E-state index contributed by atoms with van der Waals surface area (Å²) in [6, 6.07) is 7.84. The molecule has 22 heavy (non-hydrogen) atoms. The predicted octanol–water partition coefficient (Wildman–Crippen LogP) is 1.83. The Hall–Kier alpha value is -3.02. The molecular formula is C16H15N5O. The van der Waals surface area contributed by atoms with E-state index in [9.17, 15) is 4.79 Å². The van der Waals surface area contributed by atoms with Gasteiger partial charge in [-0.15, -0.1) is 0 Å². The van der Waals surface area contributed by atoms with Crippen molar-refractivity contribution in [2.24, 2.45) is 20.9 Å². The zero-order chi connectivity index (χ0) is 15.5. The van der Waals surface area contributed by atoms with Crippen molar-refractivity contribution >= 4 is 29.6 Å². The summed E-state index contributed by atoms with van der Waals surface area (Å²) in [5.74, 6) is 0.471. The molecule has 2 heterocycles. The molecule has 0 bridgehead atoms. The van der Waals surface area contributed by atoms with E-state index in [4.69, 9.17) is 0 Å². The number of fused-ring (bicyclic) bond motifs is 1. The topological polar surface area (TPSA) is 78.2 Å². The van der Waals surface area contributed by atoms with Crippen LogP contribution < -0.4 is 10.6 Å². The Morgan fingerprint density at radius 2 is 2.36 bits per heavy atom. The molecule has 0 aliphatic carbocycles. The van der Waals surface area contributed by atoms with E-state index in [0.29, 0.717) is 11.7 Å². The van der Waals surface area contributed by atoms with Crippen LogP contribution in [-0.4, -0.2) is 23.9 Å². The molecular weight excluding hydrogens is 278 g/mol. The fourth-order valence-electron chi connectivity index (χ4n) is 2.27. The molecule has 0 fully saturated rings. The molecule has 1 amide bonds. The quantitative estimate of drug-likeness (QED) is 0.816. The third-order valence-electron chi connectivity index (χ3n) is 3.30. The minimum atomic E-state index is -0.308. The van der Waals surface area contributed by atoms with Crippen LogP contribution in [0, 0.1) is 12.8 Å². The van der Waals surface area contributed by atoms with E-state index in [0.717, 1.165) is 16.9 Å². The van der Waals surface area contributed by atoms with Gasteiger partial charge in [-0.25, -0.2) is 15.0 Å². The minimum Gasteiger partial charge on any atom is -0.347 e. The Morgan fingerprint density at radius 1 is 1.50 bits per heavy atom. The molecule has 1 aromatic rings. The van der Waals surface area contributed by atoms with E-state index >= 15 is 0 Å². The van der Waals surface area contributed by atoms with Crippen LogP contribution in [0.25, 0.3) is 0 Å². The second-order valence-corrected chi connectivity index (χ2v) is 4.94. The third-order valence-corrected chi connectivity index (χ3v) is 3.30.